The summed E-state index contributed by atoms with van der Waals surface area (Å²) in [6.45, 7) is 8.57. The van der Waals surface area contributed by atoms with Gasteiger partial charge in [0.05, 0.1) is 5.69 Å². The molecule has 0 spiro atoms. The van der Waals surface area contributed by atoms with Crippen molar-refractivity contribution >= 4 is 17.1 Å². The van der Waals surface area contributed by atoms with Crippen LogP contribution in [-0.4, -0.2) is 19.3 Å². The molecule has 0 saturated heterocycles. The van der Waals surface area contributed by atoms with Crippen LogP contribution in [0, 0.1) is 12.8 Å². The molecule has 0 aliphatic heterocycles. The van der Waals surface area contributed by atoms with Crippen LogP contribution in [0.4, 0.5) is 5.95 Å². The smallest absolute Gasteiger partial charge is 0.202 e. The van der Waals surface area contributed by atoms with Crippen molar-refractivity contribution in [1.82, 2.24) is 19.3 Å². The van der Waals surface area contributed by atoms with Crippen molar-refractivity contribution in [2.24, 2.45) is 13.0 Å². The SMILES string of the molecule is CCC(C(C)C)n1c(N)nc2c(C)nn(C)c21. The summed E-state index contributed by atoms with van der Waals surface area (Å²) in [5.41, 5.74) is 8.95. The third-order valence-electron chi connectivity index (χ3n) is 3.38. The van der Waals surface area contributed by atoms with E-state index >= 15 is 0 Å². The highest BCUT2D eigenvalue weighted by atomic mass is 15.4. The Kier molecular flexibility index (Phi) is 2.85. The highest BCUT2D eigenvalue weighted by molar-refractivity contribution is 5.77. The number of aromatic nitrogens is 4. The predicted octanol–water partition coefficient (Wildman–Crippen LogP) is 2.27. The molecule has 0 aromatic carbocycles. The summed E-state index contributed by atoms with van der Waals surface area (Å²) in [7, 11) is 1.94. The van der Waals surface area contributed by atoms with Crippen LogP contribution in [-0.2, 0) is 7.05 Å². The monoisotopic (exact) mass is 235 g/mol. The minimum atomic E-state index is 0.370. The Morgan fingerprint density at radius 1 is 1.35 bits per heavy atom. The molecule has 0 aliphatic carbocycles. The van der Waals surface area contributed by atoms with E-state index in [-0.39, 0.29) is 0 Å². The van der Waals surface area contributed by atoms with E-state index in [0.29, 0.717) is 17.9 Å². The molecule has 5 nitrogen and oxygen atoms in total. The summed E-state index contributed by atoms with van der Waals surface area (Å²) in [6, 6.07) is 0.370. The van der Waals surface area contributed by atoms with Crippen LogP contribution in [0.3, 0.4) is 0 Å². The summed E-state index contributed by atoms with van der Waals surface area (Å²) in [6.07, 6.45) is 1.04. The van der Waals surface area contributed by atoms with Gasteiger partial charge in [0.15, 0.2) is 5.65 Å². The zero-order valence-corrected chi connectivity index (χ0v) is 11.2. The number of imidazole rings is 1. The maximum atomic E-state index is 6.06. The molecule has 2 rings (SSSR count). The lowest BCUT2D eigenvalue weighted by Gasteiger charge is -2.22. The van der Waals surface area contributed by atoms with Crippen molar-refractivity contribution in [2.75, 3.05) is 5.73 Å². The van der Waals surface area contributed by atoms with Crippen molar-refractivity contribution < 1.29 is 0 Å². The molecule has 2 N–H and O–H groups in total. The van der Waals surface area contributed by atoms with Crippen LogP contribution in [0.25, 0.3) is 11.2 Å². The molecule has 0 aliphatic rings. The molecule has 1 unspecified atom stereocenters. The number of rotatable bonds is 3. The second-order valence-electron chi connectivity index (χ2n) is 4.94. The highest BCUT2D eigenvalue weighted by Gasteiger charge is 2.22. The van der Waals surface area contributed by atoms with E-state index in [1.807, 2.05) is 18.7 Å². The standard InChI is InChI=1S/C12H21N5/c1-6-9(7(2)3)17-11-10(14-12(17)13)8(4)15-16(11)5/h7,9H,6H2,1-5H3,(H2,13,14). The molecular formula is C12H21N5. The normalized spacial score (nSPS) is 13.8. The Bertz CT molecular complexity index is 535. The molecule has 2 aromatic rings. The van der Waals surface area contributed by atoms with Gasteiger partial charge in [-0.05, 0) is 19.3 Å². The first-order valence-electron chi connectivity index (χ1n) is 6.14. The Hall–Kier alpha value is -1.52. The first-order chi connectivity index (χ1) is 7.97. The third kappa shape index (κ3) is 1.69. The van der Waals surface area contributed by atoms with Gasteiger partial charge in [0.1, 0.15) is 5.52 Å². The van der Waals surface area contributed by atoms with Gasteiger partial charge in [-0.15, -0.1) is 0 Å². The molecule has 2 heterocycles. The van der Waals surface area contributed by atoms with Crippen LogP contribution < -0.4 is 5.73 Å². The summed E-state index contributed by atoms with van der Waals surface area (Å²) in [5.74, 6) is 1.12. The van der Waals surface area contributed by atoms with Gasteiger partial charge < -0.3 is 5.73 Å². The van der Waals surface area contributed by atoms with Crippen LogP contribution in [0.15, 0.2) is 0 Å². The Morgan fingerprint density at radius 2 is 2.00 bits per heavy atom. The van der Waals surface area contributed by atoms with Gasteiger partial charge in [0.2, 0.25) is 5.95 Å². The molecule has 0 fully saturated rings. The molecule has 2 aromatic heterocycles. The minimum absolute atomic E-state index is 0.370. The van der Waals surface area contributed by atoms with E-state index in [2.05, 4.69) is 35.4 Å². The molecule has 0 bridgehead atoms. The first kappa shape index (κ1) is 12.0. The molecule has 1 atom stereocenters. The van der Waals surface area contributed by atoms with Crippen molar-refractivity contribution in [3.05, 3.63) is 5.69 Å². The summed E-state index contributed by atoms with van der Waals surface area (Å²) >= 11 is 0. The summed E-state index contributed by atoms with van der Waals surface area (Å²) in [5, 5.41) is 4.41. The van der Waals surface area contributed by atoms with E-state index in [9.17, 15) is 0 Å². The fraction of sp³-hybridized carbons (Fsp3) is 0.667. The van der Waals surface area contributed by atoms with E-state index in [1.165, 1.54) is 0 Å². The number of aryl methyl sites for hydroxylation is 2. The maximum absolute atomic E-state index is 6.06. The van der Waals surface area contributed by atoms with E-state index in [0.717, 1.165) is 23.3 Å². The number of hydrogen-bond donors (Lipinski definition) is 1. The average molecular weight is 235 g/mol. The molecule has 94 valence electrons. The predicted molar refractivity (Wildman–Crippen MR) is 69.8 cm³/mol. The molecular weight excluding hydrogens is 214 g/mol. The molecule has 5 heteroatoms. The van der Waals surface area contributed by atoms with Gasteiger partial charge in [-0.25, -0.2) is 4.98 Å². The second-order valence-corrected chi connectivity index (χ2v) is 4.94. The van der Waals surface area contributed by atoms with E-state index in [1.54, 1.807) is 0 Å². The maximum Gasteiger partial charge on any atom is 0.202 e. The van der Waals surface area contributed by atoms with Crippen LogP contribution in [0.5, 0.6) is 0 Å². The van der Waals surface area contributed by atoms with Crippen molar-refractivity contribution in [1.29, 1.82) is 0 Å². The van der Waals surface area contributed by atoms with Crippen LogP contribution in [0.2, 0.25) is 0 Å². The number of nitrogens with zero attached hydrogens (tertiary/aromatic N) is 4. The molecule has 0 amide bonds. The van der Waals surface area contributed by atoms with E-state index in [4.69, 9.17) is 5.73 Å². The highest BCUT2D eigenvalue weighted by Crippen LogP contribution is 2.30. The lowest BCUT2D eigenvalue weighted by molar-refractivity contribution is 0.373. The molecule has 0 radical (unpaired) electrons. The van der Waals surface area contributed by atoms with Crippen LogP contribution in [0.1, 0.15) is 38.9 Å². The topological polar surface area (TPSA) is 61.7 Å². The zero-order valence-electron chi connectivity index (χ0n) is 11.2. The largest absolute Gasteiger partial charge is 0.369 e. The number of anilines is 1. The zero-order chi connectivity index (χ0) is 12.7. The van der Waals surface area contributed by atoms with Crippen molar-refractivity contribution in [3.8, 4) is 0 Å². The number of nitrogen functional groups attached to an aromatic ring is 1. The lowest BCUT2D eigenvalue weighted by Crippen LogP contribution is -2.18. The third-order valence-corrected chi connectivity index (χ3v) is 3.38. The summed E-state index contributed by atoms with van der Waals surface area (Å²) in [4.78, 5) is 4.44. The van der Waals surface area contributed by atoms with Crippen molar-refractivity contribution in [2.45, 2.75) is 40.2 Å². The lowest BCUT2D eigenvalue weighted by atomic mass is 10.0. The molecule has 17 heavy (non-hydrogen) atoms. The van der Waals surface area contributed by atoms with Gasteiger partial charge in [-0.2, -0.15) is 5.10 Å². The Balaban J connectivity index is 2.71. The quantitative estimate of drug-likeness (QED) is 0.887. The Morgan fingerprint density at radius 3 is 2.53 bits per heavy atom. The fourth-order valence-electron chi connectivity index (χ4n) is 2.59. The Labute approximate surface area is 102 Å². The number of hydrogen-bond acceptors (Lipinski definition) is 3. The van der Waals surface area contributed by atoms with Gasteiger partial charge in [-0.3, -0.25) is 9.25 Å². The average Bonchev–Trinajstić information content (AvgIpc) is 2.69. The van der Waals surface area contributed by atoms with Gasteiger partial charge in [-0.1, -0.05) is 20.8 Å². The van der Waals surface area contributed by atoms with Crippen molar-refractivity contribution in [3.63, 3.8) is 0 Å². The minimum Gasteiger partial charge on any atom is -0.369 e. The molecule has 0 saturated carbocycles. The summed E-state index contributed by atoms with van der Waals surface area (Å²) < 4.78 is 4.00. The number of nitrogens with two attached hydrogens (primary N) is 1. The second kappa shape index (κ2) is 4.05. The fourth-order valence-corrected chi connectivity index (χ4v) is 2.59. The van der Waals surface area contributed by atoms with Crippen LogP contribution >= 0.6 is 0 Å². The first-order valence-corrected chi connectivity index (χ1v) is 6.14. The van der Waals surface area contributed by atoms with E-state index < -0.39 is 0 Å². The van der Waals surface area contributed by atoms with Gasteiger partial charge >= 0.3 is 0 Å². The van der Waals surface area contributed by atoms with Gasteiger partial charge in [0, 0.05) is 13.1 Å². The van der Waals surface area contributed by atoms with Gasteiger partial charge in [0.25, 0.3) is 0 Å². The number of fused-ring (bicyclic) bond motifs is 1.